The number of aryl methyl sites for hydroxylation is 1. The Hall–Kier alpha value is -3.34. The van der Waals surface area contributed by atoms with E-state index in [0.29, 0.717) is 5.75 Å². The zero-order chi connectivity index (χ0) is 19.4. The molecule has 3 rings (SSSR count). The van der Waals surface area contributed by atoms with E-state index in [9.17, 15) is 14.4 Å². The molecule has 1 heterocycles. The molecule has 0 saturated heterocycles. The summed E-state index contributed by atoms with van der Waals surface area (Å²) in [6.07, 6.45) is 2.93. The van der Waals surface area contributed by atoms with E-state index in [0.717, 1.165) is 23.0 Å². The fourth-order valence-electron chi connectivity index (χ4n) is 2.72. The normalized spacial score (nSPS) is 13.0. The fourth-order valence-corrected chi connectivity index (χ4v) is 2.72. The summed E-state index contributed by atoms with van der Waals surface area (Å²) >= 11 is 0. The number of carbonyl (C=O) groups excluding carboxylic acids is 1. The topological polar surface area (TPSA) is 106 Å². The van der Waals surface area contributed by atoms with Crippen molar-refractivity contribution in [1.29, 1.82) is 5.26 Å². The van der Waals surface area contributed by atoms with Crippen molar-refractivity contribution < 1.29 is 9.53 Å². The molecule has 140 valence electrons. The number of nitriles is 1. The van der Waals surface area contributed by atoms with E-state index in [1.165, 1.54) is 10.8 Å². The molecule has 27 heavy (non-hydrogen) atoms. The van der Waals surface area contributed by atoms with Crippen molar-refractivity contribution in [3.63, 3.8) is 0 Å². The smallest absolute Gasteiger partial charge is 0.331 e. The Kier molecular flexibility index (Phi) is 5.41. The summed E-state index contributed by atoms with van der Waals surface area (Å²) in [6, 6.07) is 9.33. The van der Waals surface area contributed by atoms with Gasteiger partial charge >= 0.3 is 5.69 Å². The maximum atomic E-state index is 12.4. The number of hydrogen-bond donors (Lipinski definition) is 1. The molecule has 0 aliphatic heterocycles. The highest BCUT2D eigenvalue weighted by Gasteiger charge is 2.27. The number of benzene rings is 1. The SMILES string of the molecule is Cc1cccc(OCCNC(=O)Cn2c(=O)c(C#N)cn(C3CC3)c2=O)c1. The van der Waals surface area contributed by atoms with Crippen LogP contribution in [0.25, 0.3) is 0 Å². The van der Waals surface area contributed by atoms with Gasteiger partial charge in [0, 0.05) is 12.2 Å². The number of amides is 1. The average molecular weight is 368 g/mol. The molecular formula is C19H20N4O4. The molecule has 1 N–H and O–H groups in total. The Bertz CT molecular complexity index is 1010. The second kappa shape index (κ2) is 7.91. The Morgan fingerprint density at radius 3 is 2.81 bits per heavy atom. The van der Waals surface area contributed by atoms with E-state index in [1.54, 1.807) is 6.07 Å². The first-order valence-corrected chi connectivity index (χ1v) is 8.72. The molecule has 0 unspecified atom stereocenters. The fraction of sp³-hybridized carbons (Fsp3) is 0.368. The summed E-state index contributed by atoms with van der Waals surface area (Å²) in [5.74, 6) is 0.217. The van der Waals surface area contributed by atoms with Crippen LogP contribution in [0.3, 0.4) is 0 Å². The van der Waals surface area contributed by atoms with E-state index in [4.69, 9.17) is 10.00 Å². The lowest BCUT2D eigenvalue weighted by atomic mass is 10.2. The first kappa shape index (κ1) is 18.5. The van der Waals surface area contributed by atoms with Gasteiger partial charge in [-0.3, -0.25) is 14.2 Å². The average Bonchev–Trinajstić information content (AvgIpc) is 3.48. The van der Waals surface area contributed by atoms with Crippen LogP contribution < -0.4 is 21.3 Å². The predicted molar refractivity (Wildman–Crippen MR) is 97.6 cm³/mol. The van der Waals surface area contributed by atoms with Crippen LogP contribution in [0, 0.1) is 18.3 Å². The summed E-state index contributed by atoms with van der Waals surface area (Å²) in [7, 11) is 0. The lowest BCUT2D eigenvalue weighted by molar-refractivity contribution is -0.121. The summed E-state index contributed by atoms with van der Waals surface area (Å²) in [6.45, 7) is 2.02. The summed E-state index contributed by atoms with van der Waals surface area (Å²) in [5, 5.41) is 11.7. The van der Waals surface area contributed by atoms with E-state index in [1.807, 2.05) is 31.2 Å². The standard InChI is InChI=1S/C19H20N4O4/c1-13-3-2-4-16(9-13)27-8-7-21-17(24)12-23-18(25)14(10-20)11-22(19(23)26)15-5-6-15/h2-4,9,11,15H,5-8,12H2,1H3,(H,21,24). The molecule has 0 radical (unpaired) electrons. The highest BCUT2D eigenvalue weighted by atomic mass is 16.5. The minimum absolute atomic E-state index is 0.00207. The molecule has 2 aromatic rings. The van der Waals surface area contributed by atoms with Gasteiger partial charge in [-0.15, -0.1) is 0 Å². The first-order valence-electron chi connectivity index (χ1n) is 8.72. The van der Waals surface area contributed by atoms with Crippen LogP contribution in [0.1, 0.15) is 30.0 Å². The Balaban J connectivity index is 1.61. The maximum absolute atomic E-state index is 12.4. The third-order valence-corrected chi connectivity index (χ3v) is 4.24. The number of nitrogens with zero attached hydrogens (tertiary/aromatic N) is 3. The zero-order valence-electron chi connectivity index (χ0n) is 15.0. The van der Waals surface area contributed by atoms with Gasteiger partial charge in [0.05, 0.1) is 6.54 Å². The molecule has 1 fully saturated rings. The Morgan fingerprint density at radius 2 is 2.15 bits per heavy atom. The van der Waals surface area contributed by atoms with Crippen molar-refractivity contribution in [2.24, 2.45) is 0 Å². The number of carbonyl (C=O) groups is 1. The van der Waals surface area contributed by atoms with Crippen molar-refractivity contribution >= 4 is 5.91 Å². The lowest BCUT2D eigenvalue weighted by Gasteiger charge is -2.11. The first-order chi connectivity index (χ1) is 13.0. The van der Waals surface area contributed by atoms with Gasteiger partial charge in [0.1, 0.15) is 30.5 Å². The van der Waals surface area contributed by atoms with Gasteiger partial charge < -0.3 is 10.1 Å². The maximum Gasteiger partial charge on any atom is 0.331 e. The van der Waals surface area contributed by atoms with E-state index in [-0.39, 0.29) is 24.8 Å². The van der Waals surface area contributed by atoms with Crippen molar-refractivity contribution in [3.8, 4) is 11.8 Å². The van der Waals surface area contributed by atoms with E-state index >= 15 is 0 Å². The number of hydrogen-bond acceptors (Lipinski definition) is 5. The second-order valence-corrected chi connectivity index (χ2v) is 6.48. The van der Waals surface area contributed by atoms with Gasteiger partial charge in [0.15, 0.2) is 0 Å². The summed E-state index contributed by atoms with van der Waals surface area (Å²) in [4.78, 5) is 36.8. The number of ether oxygens (including phenoxy) is 1. The van der Waals surface area contributed by atoms with Crippen LogP contribution in [0.4, 0.5) is 0 Å². The van der Waals surface area contributed by atoms with Crippen LogP contribution in [-0.4, -0.2) is 28.2 Å². The minimum atomic E-state index is -0.745. The van der Waals surface area contributed by atoms with Crippen LogP contribution in [0.5, 0.6) is 5.75 Å². The monoisotopic (exact) mass is 368 g/mol. The van der Waals surface area contributed by atoms with Gasteiger partial charge in [0.2, 0.25) is 5.91 Å². The number of rotatable bonds is 7. The number of aromatic nitrogens is 2. The molecule has 8 nitrogen and oxygen atoms in total. The summed E-state index contributed by atoms with van der Waals surface area (Å²) in [5.41, 5.74) is -0.379. The van der Waals surface area contributed by atoms with Crippen molar-refractivity contribution in [1.82, 2.24) is 14.5 Å². The largest absolute Gasteiger partial charge is 0.492 e. The molecule has 1 aromatic heterocycles. The van der Waals surface area contributed by atoms with Gasteiger partial charge in [-0.25, -0.2) is 9.36 Å². The van der Waals surface area contributed by atoms with Crippen molar-refractivity contribution in [2.45, 2.75) is 32.4 Å². The minimum Gasteiger partial charge on any atom is -0.492 e. The Labute approximate surface area is 155 Å². The molecule has 0 spiro atoms. The third-order valence-electron chi connectivity index (χ3n) is 4.24. The molecular weight excluding hydrogens is 348 g/mol. The molecule has 0 bridgehead atoms. The molecule has 1 aliphatic rings. The molecule has 0 atom stereocenters. The second-order valence-electron chi connectivity index (χ2n) is 6.48. The van der Waals surface area contributed by atoms with Gasteiger partial charge in [-0.1, -0.05) is 12.1 Å². The summed E-state index contributed by atoms with van der Waals surface area (Å²) < 4.78 is 7.72. The van der Waals surface area contributed by atoms with Gasteiger partial charge in [0.25, 0.3) is 5.56 Å². The molecule has 1 amide bonds. The molecule has 8 heteroatoms. The van der Waals surface area contributed by atoms with Crippen LogP contribution in [0.15, 0.2) is 40.1 Å². The highest BCUT2D eigenvalue weighted by Crippen LogP contribution is 2.33. The molecule has 1 aliphatic carbocycles. The quantitative estimate of drug-likeness (QED) is 0.725. The van der Waals surface area contributed by atoms with E-state index < -0.39 is 23.7 Å². The zero-order valence-corrected chi connectivity index (χ0v) is 15.0. The van der Waals surface area contributed by atoms with Crippen LogP contribution in [-0.2, 0) is 11.3 Å². The molecule has 1 aromatic carbocycles. The van der Waals surface area contributed by atoms with Gasteiger partial charge in [-0.05, 0) is 37.5 Å². The van der Waals surface area contributed by atoms with Crippen molar-refractivity contribution in [2.75, 3.05) is 13.2 Å². The predicted octanol–water partition coefficient (Wildman–Crippen LogP) is 0.720. The van der Waals surface area contributed by atoms with Crippen molar-refractivity contribution in [3.05, 3.63) is 62.4 Å². The lowest BCUT2D eigenvalue weighted by Crippen LogP contribution is -2.44. The Morgan fingerprint density at radius 1 is 1.37 bits per heavy atom. The molecule has 1 saturated carbocycles. The van der Waals surface area contributed by atoms with Crippen LogP contribution >= 0.6 is 0 Å². The highest BCUT2D eigenvalue weighted by molar-refractivity contribution is 5.75. The third kappa shape index (κ3) is 4.44. The number of nitrogens with one attached hydrogen (secondary N) is 1. The van der Waals surface area contributed by atoms with Gasteiger partial charge in [-0.2, -0.15) is 5.26 Å². The van der Waals surface area contributed by atoms with Crippen LogP contribution in [0.2, 0.25) is 0 Å². The van der Waals surface area contributed by atoms with E-state index in [2.05, 4.69) is 5.32 Å².